The third-order valence-electron chi connectivity index (χ3n) is 7.38. The summed E-state index contributed by atoms with van der Waals surface area (Å²) in [6, 6.07) is 2.48. The lowest BCUT2D eigenvalue weighted by Gasteiger charge is -2.43. The summed E-state index contributed by atoms with van der Waals surface area (Å²) in [5.41, 5.74) is 2.03. The zero-order valence-corrected chi connectivity index (χ0v) is 24.4. The highest BCUT2D eigenvalue weighted by Gasteiger charge is 2.54. The van der Waals surface area contributed by atoms with Gasteiger partial charge >= 0.3 is 0 Å². The number of halogens is 1. The molecule has 0 aliphatic heterocycles. The Bertz CT molecular complexity index is 729. The number of allylic oxidation sites excluding steroid dienone is 4. The number of nitriles is 1. The summed E-state index contributed by atoms with van der Waals surface area (Å²) in [6.45, 7) is 19.7. The van der Waals surface area contributed by atoms with Crippen LogP contribution in [0.15, 0.2) is 23.3 Å². The predicted octanol–water partition coefficient (Wildman–Crippen LogP) is 7.79. The zero-order chi connectivity index (χ0) is 26.6. The monoisotopic (exact) mass is 511 g/mol. The minimum Gasteiger partial charge on any atom is -0.353 e. The van der Waals surface area contributed by atoms with Crippen molar-refractivity contribution in [3.05, 3.63) is 23.3 Å². The molecule has 0 spiro atoms. The number of nitrogens with zero attached hydrogens (tertiary/aromatic N) is 1. The van der Waals surface area contributed by atoms with Crippen molar-refractivity contribution in [3.8, 4) is 6.07 Å². The predicted molar refractivity (Wildman–Crippen MR) is 144 cm³/mol. The highest BCUT2D eigenvalue weighted by atomic mass is 35.5. The van der Waals surface area contributed by atoms with Crippen molar-refractivity contribution >= 4 is 11.6 Å². The van der Waals surface area contributed by atoms with Gasteiger partial charge in [0.25, 0.3) is 0 Å². The first-order valence-corrected chi connectivity index (χ1v) is 13.8. The molecule has 2 unspecified atom stereocenters. The maximum Gasteiger partial charge on any atom is 0.156 e. The van der Waals surface area contributed by atoms with Crippen LogP contribution in [-0.2, 0) is 18.9 Å². The molecule has 0 aromatic heterocycles. The topological polar surface area (TPSA) is 60.7 Å². The Hall–Kier alpha value is -0.900. The minimum absolute atomic E-state index is 0.00155. The molecular formula is C29H50ClNO4. The second-order valence-electron chi connectivity index (χ2n) is 10.8. The average Bonchev–Trinajstić information content (AvgIpc) is 3.14. The fourth-order valence-electron chi connectivity index (χ4n) is 5.48. The van der Waals surface area contributed by atoms with E-state index in [9.17, 15) is 5.26 Å². The molecule has 1 saturated carbocycles. The van der Waals surface area contributed by atoms with E-state index in [1.54, 1.807) is 0 Å². The molecular weight excluding hydrogens is 462 g/mol. The van der Waals surface area contributed by atoms with E-state index in [-0.39, 0.29) is 23.5 Å². The summed E-state index contributed by atoms with van der Waals surface area (Å²) >= 11 is 5.90. The van der Waals surface area contributed by atoms with Gasteiger partial charge in [0.15, 0.2) is 18.7 Å². The van der Waals surface area contributed by atoms with Crippen LogP contribution in [0.25, 0.3) is 0 Å². The van der Waals surface area contributed by atoms with Gasteiger partial charge in [0.05, 0.1) is 11.7 Å². The van der Waals surface area contributed by atoms with E-state index < -0.39 is 18.0 Å². The second kappa shape index (κ2) is 15.4. The van der Waals surface area contributed by atoms with E-state index in [2.05, 4.69) is 52.8 Å². The molecule has 5 nitrogen and oxygen atoms in total. The molecule has 0 aromatic rings. The van der Waals surface area contributed by atoms with Crippen LogP contribution in [0.1, 0.15) is 94.4 Å². The molecule has 0 N–H and O–H groups in total. The number of rotatable bonds is 16. The minimum atomic E-state index is -0.581. The van der Waals surface area contributed by atoms with Crippen molar-refractivity contribution < 1.29 is 18.9 Å². The SMILES string of the molecule is CCOC(C)O[C@@H](C#N)[C@H]1[C@H](C(C)(C)OC(C)OCC)CC[C@]1(C)C/C=C(\C)CC/C=C(\C)CCl. The number of ether oxygens (including phenoxy) is 4. The largest absolute Gasteiger partial charge is 0.353 e. The van der Waals surface area contributed by atoms with Gasteiger partial charge in [0, 0.05) is 25.0 Å². The second-order valence-corrected chi connectivity index (χ2v) is 11.0. The van der Waals surface area contributed by atoms with E-state index in [0.29, 0.717) is 19.1 Å². The standard InChI is InChI=1S/C29H50ClNO4/c1-10-32-23(5)34-26(20-31)27-25(28(7,8)35-24(6)33-11-2)16-18-29(27,9)17-15-21(3)13-12-14-22(4)19-30/h14-15,23-27H,10-13,16-19H2,1-9H3/b21-15+,22-14+/t23?,24?,25-,26+,27-,29+/m1/s1. The molecule has 0 heterocycles. The van der Waals surface area contributed by atoms with Gasteiger partial charge in [-0.2, -0.15) is 5.26 Å². The normalized spacial score (nSPS) is 26.4. The third kappa shape index (κ3) is 10.2. The van der Waals surface area contributed by atoms with Gasteiger partial charge in [0.2, 0.25) is 0 Å². The van der Waals surface area contributed by atoms with Gasteiger partial charge in [-0.3, -0.25) is 0 Å². The quantitative estimate of drug-likeness (QED) is 0.120. The van der Waals surface area contributed by atoms with Gasteiger partial charge < -0.3 is 18.9 Å². The van der Waals surface area contributed by atoms with Gasteiger partial charge in [-0.05, 0) is 98.8 Å². The summed E-state index contributed by atoms with van der Waals surface area (Å²) in [4.78, 5) is 0. The van der Waals surface area contributed by atoms with Crippen molar-refractivity contribution in [2.45, 2.75) is 119 Å². The molecule has 1 rings (SSSR count). The smallest absolute Gasteiger partial charge is 0.156 e. The maximum absolute atomic E-state index is 10.2. The van der Waals surface area contributed by atoms with E-state index >= 15 is 0 Å². The number of hydrogen-bond donors (Lipinski definition) is 0. The average molecular weight is 512 g/mol. The van der Waals surface area contributed by atoms with Crippen LogP contribution in [0.2, 0.25) is 0 Å². The summed E-state index contributed by atoms with van der Waals surface area (Å²) in [7, 11) is 0. The molecule has 6 atom stereocenters. The van der Waals surface area contributed by atoms with E-state index in [1.807, 2.05) is 27.7 Å². The summed E-state index contributed by atoms with van der Waals surface area (Å²) in [5.74, 6) is 0.734. The van der Waals surface area contributed by atoms with Crippen molar-refractivity contribution in [3.63, 3.8) is 0 Å². The Kier molecular flexibility index (Phi) is 14.1. The van der Waals surface area contributed by atoms with Gasteiger partial charge in [-0.25, -0.2) is 0 Å². The van der Waals surface area contributed by atoms with Gasteiger partial charge in [-0.15, -0.1) is 11.6 Å². The van der Waals surface area contributed by atoms with Gasteiger partial charge in [-0.1, -0.05) is 30.2 Å². The van der Waals surface area contributed by atoms with Crippen LogP contribution in [0.3, 0.4) is 0 Å². The first-order chi connectivity index (χ1) is 16.4. The van der Waals surface area contributed by atoms with E-state index in [1.165, 1.54) is 11.1 Å². The molecule has 0 saturated heterocycles. The highest BCUT2D eigenvalue weighted by Crippen LogP contribution is 2.55. The fraction of sp³-hybridized carbons (Fsp3) is 0.828. The molecule has 0 radical (unpaired) electrons. The van der Waals surface area contributed by atoms with Crippen LogP contribution in [-0.4, -0.2) is 43.4 Å². The lowest BCUT2D eigenvalue weighted by Crippen LogP contribution is -2.47. The van der Waals surface area contributed by atoms with Crippen LogP contribution >= 0.6 is 11.6 Å². The molecule has 1 fully saturated rings. The first kappa shape index (κ1) is 32.1. The molecule has 35 heavy (non-hydrogen) atoms. The summed E-state index contributed by atoms with van der Waals surface area (Å²) in [6.07, 6.45) is 8.15. The van der Waals surface area contributed by atoms with Crippen LogP contribution in [0.5, 0.6) is 0 Å². The molecule has 1 aliphatic rings. The number of hydrogen-bond acceptors (Lipinski definition) is 5. The van der Waals surface area contributed by atoms with Crippen molar-refractivity contribution in [1.82, 2.24) is 0 Å². The number of alkyl halides is 1. The lowest BCUT2D eigenvalue weighted by molar-refractivity contribution is -0.222. The molecule has 0 bridgehead atoms. The Labute approximate surface area is 220 Å². The van der Waals surface area contributed by atoms with Crippen molar-refractivity contribution in [2.24, 2.45) is 17.3 Å². The van der Waals surface area contributed by atoms with Gasteiger partial charge in [0.1, 0.15) is 0 Å². The zero-order valence-electron chi connectivity index (χ0n) is 23.7. The van der Waals surface area contributed by atoms with Crippen LogP contribution in [0, 0.1) is 28.6 Å². The third-order valence-corrected chi connectivity index (χ3v) is 7.80. The van der Waals surface area contributed by atoms with Crippen molar-refractivity contribution in [2.75, 3.05) is 19.1 Å². The summed E-state index contributed by atoms with van der Waals surface area (Å²) in [5, 5.41) is 10.2. The van der Waals surface area contributed by atoms with E-state index in [4.69, 9.17) is 30.5 Å². The molecule has 0 aromatic carbocycles. The Morgan fingerprint density at radius 2 is 1.74 bits per heavy atom. The molecule has 6 heteroatoms. The molecule has 1 aliphatic carbocycles. The molecule has 202 valence electrons. The Morgan fingerprint density at radius 3 is 2.31 bits per heavy atom. The fourth-order valence-corrected chi connectivity index (χ4v) is 5.59. The highest BCUT2D eigenvalue weighted by molar-refractivity contribution is 6.19. The Morgan fingerprint density at radius 1 is 1.11 bits per heavy atom. The summed E-state index contributed by atoms with van der Waals surface area (Å²) < 4.78 is 23.9. The molecule has 0 amide bonds. The maximum atomic E-state index is 10.2. The lowest BCUT2D eigenvalue weighted by atomic mass is 9.68. The van der Waals surface area contributed by atoms with Crippen LogP contribution < -0.4 is 0 Å². The van der Waals surface area contributed by atoms with Crippen molar-refractivity contribution in [1.29, 1.82) is 5.26 Å². The van der Waals surface area contributed by atoms with E-state index in [0.717, 1.165) is 32.1 Å². The van der Waals surface area contributed by atoms with Crippen LogP contribution in [0.4, 0.5) is 0 Å². The first-order valence-electron chi connectivity index (χ1n) is 13.3. The Balaban J connectivity index is 3.19.